The van der Waals surface area contributed by atoms with E-state index >= 15 is 0 Å². The van der Waals surface area contributed by atoms with Gasteiger partial charge in [-0.25, -0.2) is 4.98 Å². The van der Waals surface area contributed by atoms with E-state index in [0.29, 0.717) is 6.61 Å². The lowest BCUT2D eigenvalue weighted by molar-refractivity contribution is -0.151. The van der Waals surface area contributed by atoms with E-state index in [0.717, 1.165) is 43.7 Å². The summed E-state index contributed by atoms with van der Waals surface area (Å²) in [6.07, 6.45) is 4.87. The van der Waals surface area contributed by atoms with Gasteiger partial charge < -0.3 is 10.1 Å². The molecule has 5 heteroatoms. The van der Waals surface area contributed by atoms with Gasteiger partial charge in [-0.15, -0.1) is 0 Å². The van der Waals surface area contributed by atoms with Gasteiger partial charge >= 0.3 is 5.97 Å². The average molecular weight is 277 g/mol. The lowest BCUT2D eigenvalue weighted by Gasteiger charge is -2.34. The van der Waals surface area contributed by atoms with Gasteiger partial charge in [0, 0.05) is 25.4 Å². The number of nitrogens with one attached hydrogen (secondary N) is 1. The monoisotopic (exact) mass is 277 g/mol. The molecule has 0 aromatic carbocycles. The molecule has 2 rings (SSSR count). The van der Waals surface area contributed by atoms with E-state index < -0.39 is 0 Å². The summed E-state index contributed by atoms with van der Waals surface area (Å²) >= 11 is 0. The smallest absolute Gasteiger partial charge is 0.323 e. The van der Waals surface area contributed by atoms with Gasteiger partial charge in [0.2, 0.25) is 0 Å². The maximum atomic E-state index is 12.1. The quantitative estimate of drug-likeness (QED) is 0.835. The number of rotatable bonds is 5. The molecule has 110 valence electrons. The maximum absolute atomic E-state index is 12.1. The van der Waals surface area contributed by atoms with Gasteiger partial charge in [-0.3, -0.25) is 9.69 Å². The van der Waals surface area contributed by atoms with Crippen LogP contribution in [0.2, 0.25) is 0 Å². The third kappa shape index (κ3) is 3.48. The number of piperidine rings is 1. The molecule has 0 radical (unpaired) electrons. The highest BCUT2D eigenvalue weighted by atomic mass is 16.5. The normalized spacial score (nSPS) is 19.6. The lowest BCUT2D eigenvalue weighted by atomic mass is 10.0. The van der Waals surface area contributed by atoms with Crippen LogP contribution in [0.15, 0.2) is 18.3 Å². The fourth-order valence-corrected chi connectivity index (χ4v) is 2.70. The van der Waals surface area contributed by atoms with Gasteiger partial charge in [0.1, 0.15) is 11.9 Å². The summed E-state index contributed by atoms with van der Waals surface area (Å²) in [5.41, 5.74) is 1.12. The summed E-state index contributed by atoms with van der Waals surface area (Å²) in [6.45, 7) is 3.96. The van der Waals surface area contributed by atoms with Gasteiger partial charge in [-0.1, -0.05) is 12.5 Å². The Bertz CT molecular complexity index is 450. The van der Waals surface area contributed by atoms with Crippen LogP contribution in [0, 0.1) is 0 Å². The standard InChI is InChI=1S/C15H23N3O2/c1-3-20-15(19)13-8-4-5-10-18(13)11-12-7-6-9-17-14(12)16-2/h6-7,9,13H,3-5,8,10-11H2,1-2H3,(H,16,17). The van der Waals surface area contributed by atoms with Crippen molar-refractivity contribution in [3.8, 4) is 0 Å². The van der Waals surface area contributed by atoms with Gasteiger partial charge in [0.25, 0.3) is 0 Å². The molecular weight excluding hydrogens is 254 g/mol. The van der Waals surface area contributed by atoms with E-state index in [1.807, 2.05) is 20.0 Å². The Morgan fingerprint density at radius 3 is 3.15 bits per heavy atom. The van der Waals surface area contributed by atoms with E-state index in [4.69, 9.17) is 4.74 Å². The van der Waals surface area contributed by atoms with Gasteiger partial charge in [0.15, 0.2) is 0 Å². The van der Waals surface area contributed by atoms with Crippen LogP contribution in [-0.4, -0.2) is 42.1 Å². The van der Waals surface area contributed by atoms with E-state index in [-0.39, 0.29) is 12.0 Å². The molecule has 1 saturated heterocycles. The molecule has 1 aliphatic heterocycles. The highest BCUT2D eigenvalue weighted by Gasteiger charge is 2.30. The van der Waals surface area contributed by atoms with E-state index in [1.165, 1.54) is 0 Å². The van der Waals surface area contributed by atoms with Gasteiger partial charge in [0.05, 0.1) is 6.61 Å². The molecule has 1 N–H and O–H groups in total. The zero-order chi connectivity index (χ0) is 14.4. The SMILES string of the molecule is CCOC(=O)C1CCCCN1Cc1cccnc1NC. The molecule has 1 fully saturated rings. The molecule has 1 aliphatic rings. The number of hydrogen-bond donors (Lipinski definition) is 1. The lowest BCUT2D eigenvalue weighted by Crippen LogP contribution is -2.45. The second-order valence-corrected chi connectivity index (χ2v) is 5.00. The highest BCUT2D eigenvalue weighted by molar-refractivity contribution is 5.75. The Morgan fingerprint density at radius 1 is 1.55 bits per heavy atom. The number of pyridine rings is 1. The molecule has 0 saturated carbocycles. The minimum absolute atomic E-state index is 0.0953. The Balaban J connectivity index is 2.10. The second-order valence-electron chi connectivity index (χ2n) is 5.00. The molecule has 0 spiro atoms. The first kappa shape index (κ1) is 14.8. The van der Waals surface area contributed by atoms with Crippen LogP contribution in [0.5, 0.6) is 0 Å². The van der Waals surface area contributed by atoms with Crippen LogP contribution < -0.4 is 5.32 Å². The van der Waals surface area contributed by atoms with Crippen molar-refractivity contribution in [1.82, 2.24) is 9.88 Å². The molecule has 1 atom stereocenters. The van der Waals surface area contributed by atoms with E-state index in [2.05, 4.69) is 21.3 Å². The largest absolute Gasteiger partial charge is 0.465 e. The fraction of sp³-hybridized carbons (Fsp3) is 0.600. The van der Waals surface area contributed by atoms with Crippen LogP contribution in [0.4, 0.5) is 5.82 Å². The molecular formula is C15H23N3O2. The summed E-state index contributed by atoms with van der Waals surface area (Å²) in [7, 11) is 1.87. The predicted octanol–water partition coefficient (Wildman–Crippen LogP) is 2.04. The minimum atomic E-state index is -0.117. The Hall–Kier alpha value is -1.62. The molecule has 1 unspecified atom stereocenters. The van der Waals surface area contributed by atoms with Crippen molar-refractivity contribution in [3.63, 3.8) is 0 Å². The van der Waals surface area contributed by atoms with Crippen molar-refractivity contribution in [2.75, 3.05) is 25.5 Å². The van der Waals surface area contributed by atoms with Crippen molar-refractivity contribution in [2.45, 2.75) is 38.8 Å². The molecule has 0 aliphatic carbocycles. The summed E-state index contributed by atoms with van der Waals surface area (Å²) in [5, 5.41) is 3.10. The Kier molecular flexibility index (Phi) is 5.35. The Morgan fingerprint density at radius 2 is 2.40 bits per heavy atom. The topological polar surface area (TPSA) is 54.5 Å². The van der Waals surface area contributed by atoms with Crippen molar-refractivity contribution >= 4 is 11.8 Å². The summed E-state index contributed by atoms with van der Waals surface area (Å²) in [6, 6.07) is 3.86. The maximum Gasteiger partial charge on any atom is 0.323 e. The third-order valence-electron chi connectivity index (χ3n) is 3.67. The van der Waals surface area contributed by atoms with Gasteiger partial charge in [-0.2, -0.15) is 0 Å². The highest BCUT2D eigenvalue weighted by Crippen LogP contribution is 2.22. The number of nitrogens with zero attached hydrogens (tertiary/aromatic N) is 2. The second kappa shape index (κ2) is 7.24. The summed E-state index contributed by atoms with van der Waals surface area (Å²) in [4.78, 5) is 18.6. The number of ether oxygens (including phenoxy) is 1. The van der Waals surface area contributed by atoms with Crippen LogP contribution in [-0.2, 0) is 16.1 Å². The molecule has 1 aromatic heterocycles. The zero-order valence-electron chi connectivity index (χ0n) is 12.3. The van der Waals surface area contributed by atoms with E-state index in [1.54, 1.807) is 6.20 Å². The number of aromatic nitrogens is 1. The molecule has 1 aromatic rings. The molecule has 2 heterocycles. The van der Waals surface area contributed by atoms with Crippen molar-refractivity contribution < 1.29 is 9.53 Å². The van der Waals surface area contributed by atoms with Crippen LogP contribution >= 0.6 is 0 Å². The first-order valence-electron chi connectivity index (χ1n) is 7.28. The van der Waals surface area contributed by atoms with Gasteiger partial charge in [-0.05, 0) is 32.4 Å². The van der Waals surface area contributed by atoms with Crippen molar-refractivity contribution in [1.29, 1.82) is 0 Å². The third-order valence-corrected chi connectivity index (χ3v) is 3.67. The molecule has 0 amide bonds. The number of hydrogen-bond acceptors (Lipinski definition) is 5. The zero-order valence-corrected chi connectivity index (χ0v) is 12.3. The van der Waals surface area contributed by atoms with Crippen LogP contribution in [0.3, 0.4) is 0 Å². The number of anilines is 1. The first-order chi connectivity index (χ1) is 9.76. The van der Waals surface area contributed by atoms with Crippen LogP contribution in [0.25, 0.3) is 0 Å². The predicted molar refractivity (Wildman–Crippen MR) is 78.5 cm³/mol. The number of esters is 1. The summed E-state index contributed by atoms with van der Waals surface area (Å²) < 4.78 is 5.19. The average Bonchev–Trinajstić information content (AvgIpc) is 2.48. The van der Waals surface area contributed by atoms with Crippen LogP contribution in [0.1, 0.15) is 31.7 Å². The molecule has 5 nitrogen and oxygen atoms in total. The molecule has 20 heavy (non-hydrogen) atoms. The molecule has 0 bridgehead atoms. The van der Waals surface area contributed by atoms with Crippen molar-refractivity contribution in [2.24, 2.45) is 0 Å². The van der Waals surface area contributed by atoms with E-state index in [9.17, 15) is 4.79 Å². The number of carbonyl (C=O) groups excluding carboxylic acids is 1. The fourth-order valence-electron chi connectivity index (χ4n) is 2.70. The number of likely N-dealkylation sites (tertiary alicyclic amines) is 1. The number of carbonyl (C=O) groups is 1. The summed E-state index contributed by atoms with van der Waals surface area (Å²) in [5.74, 6) is 0.780. The van der Waals surface area contributed by atoms with Crippen molar-refractivity contribution in [3.05, 3.63) is 23.9 Å². The first-order valence-corrected chi connectivity index (χ1v) is 7.28. The minimum Gasteiger partial charge on any atom is -0.465 e. The Labute approximate surface area is 120 Å².